The highest BCUT2D eigenvalue weighted by Gasteiger charge is 2.33. The van der Waals surface area contributed by atoms with Gasteiger partial charge in [-0.1, -0.05) is 13.3 Å². The van der Waals surface area contributed by atoms with Gasteiger partial charge >= 0.3 is 0 Å². The van der Waals surface area contributed by atoms with Gasteiger partial charge in [-0.2, -0.15) is 9.40 Å². The van der Waals surface area contributed by atoms with E-state index < -0.39 is 10.0 Å². The zero-order valence-corrected chi connectivity index (χ0v) is 17.6. The highest BCUT2D eigenvalue weighted by atomic mass is 32.2. The van der Waals surface area contributed by atoms with E-state index in [0.29, 0.717) is 30.5 Å². The summed E-state index contributed by atoms with van der Waals surface area (Å²) >= 11 is 0. The first-order chi connectivity index (χ1) is 12.9. The molecule has 1 unspecified atom stereocenters. The number of likely N-dealkylation sites (tertiary alicyclic amines) is 1. The number of sulfonamides is 1. The Labute approximate surface area is 162 Å². The molecule has 3 rings (SSSR count). The summed E-state index contributed by atoms with van der Waals surface area (Å²) in [7, 11) is -3.55. The van der Waals surface area contributed by atoms with Crippen LogP contribution in [-0.4, -0.2) is 59.0 Å². The summed E-state index contributed by atoms with van der Waals surface area (Å²) in [6.07, 6.45) is 7.08. The van der Waals surface area contributed by atoms with Crippen LogP contribution in [-0.2, 0) is 21.4 Å². The van der Waals surface area contributed by atoms with Gasteiger partial charge in [0.05, 0.1) is 11.4 Å². The number of hydrogen-bond donors (Lipinski definition) is 0. The molecule has 0 bridgehead atoms. The second-order valence-corrected chi connectivity index (χ2v) is 9.64. The Morgan fingerprint density at radius 2 is 1.74 bits per heavy atom. The minimum Gasteiger partial charge on any atom is -0.338 e. The van der Waals surface area contributed by atoms with E-state index in [1.165, 1.54) is 6.42 Å². The summed E-state index contributed by atoms with van der Waals surface area (Å²) in [5.41, 5.74) is 1.05. The number of carbonyl (C=O) groups excluding carboxylic acids is 1. The molecule has 0 saturated carbocycles. The minimum absolute atomic E-state index is 0.0362. The maximum Gasteiger partial charge on any atom is 0.246 e. The van der Waals surface area contributed by atoms with Gasteiger partial charge in [-0.15, -0.1) is 0 Å². The van der Waals surface area contributed by atoms with Crippen LogP contribution in [0.15, 0.2) is 4.90 Å². The summed E-state index contributed by atoms with van der Waals surface area (Å²) in [6, 6.07) is 0.291. The molecule has 0 aromatic carbocycles. The first kappa shape index (κ1) is 20.3. The van der Waals surface area contributed by atoms with Crippen LogP contribution in [0.3, 0.4) is 0 Å². The zero-order valence-electron chi connectivity index (χ0n) is 16.8. The fourth-order valence-electron chi connectivity index (χ4n) is 4.41. The first-order valence-electron chi connectivity index (χ1n) is 10.2. The highest BCUT2D eigenvalue weighted by molar-refractivity contribution is 7.89. The molecular formula is C19H32N4O3S. The molecule has 8 heteroatoms. The van der Waals surface area contributed by atoms with Crippen molar-refractivity contribution in [2.45, 2.75) is 83.2 Å². The Bertz CT molecular complexity index is 781. The van der Waals surface area contributed by atoms with Gasteiger partial charge in [-0.3, -0.25) is 9.48 Å². The third kappa shape index (κ3) is 4.06. The van der Waals surface area contributed by atoms with Crippen LogP contribution in [0.5, 0.6) is 0 Å². The third-order valence-electron chi connectivity index (χ3n) is 5.93. The van der Waals surface area contributed by atoms with Gasteiger partial charge in [0.2, 0.25) is 15.9 Å². The number of hydrogen-bond acceptors (Lipinski definition) is 4. The quantitative estimate of drug-likeness (QED) is 0.766. The van der Waals surface area contributed by atoms with Crippen LogP contribution in [0.2, 0.25) is 0 Å². The Hall–Kier alpha value is -1.41. The molecule has 2 saturated heterocycles. The summed E-state index contributed by atoms with van der Waals surface area (Å²) in [4.78, 5) is 15.1. The molecule has 0 aliphatic carbocycles. The summed E-state index contributed by atoms with van der Waals surface area (Å²) in [5.74, 6) is 0.0362. The summed E-state index contributed by atoms with van der Waals surface area (Å²) in [5, 5.41) is 4.42. The molecule has 152 valence electrons. The Kier molecular flexibility index (Phi) is 6.25. The fraction of sp³-hybridized carbons (Fsp3) is 0.789. The first-order valence-corrected chi connectivity index (χ1v) is 11.6. The van der Waals surface area contributed by atoms with E-state index >= 15 is 0 Å². The van der Waals surface area contributed by atoms with E-state index in [4.69, 9.17) is 0 Å². The molecule has 0 N–H and O–H groups in total. The van der Waals surface area contributed by atoms with Gasteiger partial charge in [0, 0.05) is 25.7 Å². The van der Waals surface area contributed by atoms with Crippen molar-refractivity contribution in [2.24, 2.45) is 0 Å². The zero-order chi connectivity index (χ0) is 19.6. The molecule has 27 heavy (non-hydrogen) atoms. The topological polar surface area (TPSA) is 75.5 Å². The van der Waals surface area contributed by atoms with E-state index in [-0.39, 0.29) is 17.3 Å². The second kappa shape index (κ2) is 8.31. The maximum atomic E-state index is 13.1. The third-order valence-corrected chi connectivity index (χ3v) is 8.08. The molecule has 1 amide bonds. The van der Waals surface area contributed by atoms with E-state index in [2.05, 4.69) is 12.0 Å². The van der Waals surface area contributed by atoms with Crippen LogP contribution in [0, 0.1) is 13.8 Å². The predicted molar refractivity (Wildman–Crippen MR) is 104 cm³/mol. The van der Waals surface area contributed by atoms with Crippen molar-refractivity contribution in [3.63, 3.8) is 0 Å². The van der Waals surface area contributed by atoms with E-state index in [0.717, 1.165) is 45.1 Å². The molecule has 3 heterocycles. The van der Waals surface area contributed by atoms with Crippen molar-refractivity contribution in [1.82, 2.24) is 19.0 Å². The van der Waals surface area contributed by atoms with Gasteiger partial charge in [-0.05, 0) is 52.4 Å². The monoisotopic (exact) mass is 396 g/mol. The van der Waals surface area contributed by atoms with E-state index in [1.807, 2.05) is 4.90 Å². The Balaban J connectivity index is 1.82. The van der Waals surface area contributed by atoms with Crippen LogP contribution < -0.4 is 0 Å². The van der Waals surface area contributed by atoms with Crippen molar-refractivity contribution in [1.29, 1.82) is 0 Å². The van der Waals surface area contributed by atoms with Crippen LogP contribution >= 0.6 is 0 Å². The fourth-order valence-corrected chi connectivity index (χ4v) is 6.30. The van der Waals surface area contributed by atoms with Crippen molar-refractivity contribution in [2.75, 3.05) is 19.6 Å². The van der Waals surface area contributed by atoms with Crippen molar-refractivity contribution in [3.8, 4) is 0 Å². The van der Waals surface area contributed by atoms with Gasteiger partial charge in [0.25, 0.3) is 0 Å². The lowest BCUT2D eigenvalue weighted by Gasteiger charge is -2.35. The maximum absolute atomic E-state index is 13.1. The average molecular weight is 397 g/mol. The number of carbonyl (C=O) groups is 1. The number of nitrogens with zero attached hydrogens (tertiary/aromatic N) is 4. The average Bonchev–Trinajstić information content (AvgIpc) is 2.96. The number of amides is 1. The molecule has 1 aromatic heterocycles. The van der Waals surface area contributed by atoms with Crippen molar-refractivity contribution < 1.29 is 13.2 Å². The van der Waals surface area contributed by atoms with Gasteiger partial charge < -0.3 is 4.90 Å². The standard InChI is InChI=1S/C19H32N4O3S/c1-4-17-10-6-9-13-22(17)18(24)14-23-16(3)19(15(2)20-23)27(25,26)21-11-7-5-8-12-21/h17H,4-14H2,1-3H3. The van der Waals surface area contributed by atoms with Crippen molar-refractivity contribution in [3.05, 3.63) is 11.4 Å². The van der Waals surface area contributed by atoms with Crippen molar-refractivity contribution >= 4 is 15.9 Å². The lowest BCUT2D eigenvalue weighted by molar-refractivity contribution is -0.135. The SMILES string of the molecule is CCC1CCCCN1C(=O)Cn1nc(C)c(S(=O)(=O)N2CCCCC2)c1C. The second-order valence-electron chi connectivity index (χ2n) is 7.77. The number of aryl methyl sites for hydroxylation is 1. The predicted octanol–water partition coefficient (Wildman–Crippen LogP) is 2.47. The molecule has 0 spiro atoms. The molecule has 2 aliphatic heterocycles. The minimum atomic E-state index is -3.55. The molecule has 0 radical (unpaired) electrons. The molecule has 1 atom stereocenters. The van der Waals surface area contributed by atoms with Crippen LogP contribution in [0.1, 0.15) is 63.3 Å². The van der Waals surface area contributed by atoms with Crippen LogP contribution in [0.25, 0.3) is 0 Å². The Morgan fingerprint density at radius 3 is 2.41 bits per heavy atom. The van der Waals surface area contributed by atoms with E-state index in [9.17, 15) is 13.2 Å². The molecule has 7 nitrogen and oxygen atoms in total. The molecule has 2 aliphatic rings. The lowest BCUT2D eigenvalue weighted by atomic mass is 10.00. The summed E-state index contributed by atoms with van der Waals surface area (Å²) < 4.78 is 29.4. The number of aromatic nitrogens is 2. The smallest absolute Gasteiger partial charge is 0.246 e. The van der Waals surface area contributed by atoms with E-state index in [1.54, 1.807) is 22.8 Å². The van der Waals surface area contributed by atoms with Crippen LogP contribution in [0.4, 0.5) is 0 Å². The lowest BCUT2D eigenvalue weighted by Crippen LogP contribution is -2.45. The normalized spacial score (nSPS) is 22.2. The van der Waals surface area contributed by atoms with Gasteiger partial charge in [0.1, 0.15) is 11.4 Å². The van der Waals surface area contributed by atoms with Gasteiger partial charge in [0.15, 0.2) is 0 Å². The molecule has 2 fully saturated rings. The highest BCUT2D eigenvalue weighted by Crippen LogP contribution is 2.26. The molecular weight excluding hydrogens is 364 g/mol. The Morgan fingerprint density at radius 1 is 1.07 bits per heavy atom. The van der Waals surface area contributed by atoms with Gasteiger partial charge in [-0.25, -0.2) is 8.42 Å². The summed E-state index contributed by atoms with van der Waals surface area (Å²) in [6.45, 7) is 7.63. The number of piperidine rings is 2. The largest absolute Gasteiger partial charge is 0.338 e. The molecule has 1 aromatic rings. The number of rotatable bonds is 5.